The van der Waals surface area contributed by atoms with E-state index >= 15 is 0 Å². The van der Waals surface area contributed by atoms with Crippen LogP contribution in [0.2, 0.25) is 0 Å². The maximum Gasteiger partial charge on any atom is 0.0715 e. The Morgan fingerprint density at radius 1 is 0.342 bits per heavy atom. The Labute approximate surface area is 437 Å². The molecule has 0 saturated carbocycles. The first kappa shape index (κ1) is 45.1. The van der Waals surface area contributed by atoms with E-state index < -0.39 is 5.41 Å². The summed E-state index contributed by atoms with van der Waals surface area (Å²) in [6.45, 7) is 13.9. The largest absolute Gasteiger partial charge is 0.309 e. The monoisotopic (exact) mass is 976 g/mol. The van der Waals surface area contributed by atoms with Crippen molar-refractivity contribution in [1.82, 2.24) is 0 Å². The Bertz CT molecular complexity index is 3660. The van der Waals surface area contributed by atoms with Crippen molar-refractivity contribution < 1.29 is 0 Å². The molecule has 0 fully saturated rings. The van der Waals surface area contributed by atoms with Crippen LogP contribution >= 0.6 is 22.7 Å². The van der Waals surface area contributed by atoms with E-state index in [2.05, 4.69) is 282 Å². The lowest BCUT2D eigenvalue weighted by atomic mass is 9.66. The molecular weight excluding hydrogens is 921 g/mol. The van der Waals surface area contributed by atoms with Crippen LogP contribution in [0.25, 0.3) is 51.5 Å². The second-order valence-corrected chi connectivity index (χ2v) is 23.8. The molecule has 1 aliphatic carbocycles. The zero-order valence-corrected chi connectivity index (χ0v) is 43.8. The van der Waals surface area contributed by atoms with Gasteiger partial charge in [-0.3, -0.25) is 0 Å². The van der Waals surface area contributed by atoms with Crippen LogP contribution in [0.3, 0.4) is 0 Å². The first-order valence-corrected chi connectivity index (χ1v) is 27.1. The average Bonchev–Trinajstić information content (AvgIpc) is 4.11. The van der Waals surface area contributed by atoms with Crippen LogP contribution in [0.5, 0.6) is 0 Å². The molecule has 13 rings (SSSR count). The van der Waals surface area contributed by atoms with Gasteiger partial charge in [0.25, 0.3) is 0 Å². The van der Waals surface area contributed by atoms with E-state index in [0.29, 0.717) is 0 Å². The fourth-order valence-electron chi connectivity index (χ4n) is 11.7. The van der Waals surface area contributed by atoms with E-state index in [1.807, 2.05) is 22.7 Å². The van der Waals surface area contributed by atoms with Crippen molar-refractivity contribution in [2.24, 2.45) is 0 Å². The number of hydrogen-bond acceptors (Lipinski definition) is 4. The van der Waals surface area contributed by atoms with E-state index in [-0.39, 0.29) is 10.8 Å². The molecule has 0 radical (unpaired) electrons. The van der Waals surface area contributed by atoms with Crippen molar-refractivity contribution in [1.29, 1.82) is 0 Å². The quantitative estimate of drug-likeness (QED) is 0.150. The fraction of sp³-hybridized carbons (Fsp3) is 0.130. The van der Waals surface area contributed by atoms with Gasteiger partial charge in [0, 0.05) is 53.7 Å². The highest BCUT2D eigenvalue weighted by Crippen LogP contribution is 2.65. The summed E-state index contributed by atoms with van der Waals surface area (Å²) in [5.41, 5.74) is 16.3. The molecule has 0 spiro atoms. The molecule has 10 aromatic carbocycles. The van der Waals surface area contributed by atoms with Crippen LogP contribution < -0.4 is 9.80 Å². The van der Waals surface area contributed by atoms with Gasteiger partial charge in [0.05, 0.1) is 26.2 Å². The third-order valence-electron chi connectivity index (χ3n) is 15.2. The van der Waals surface area contributed by atoms with Crippen LogP contribution in [0.4, 0.5) is 34.1 Å². The van der Waals surface area contributed by atoms with E-state index in [0.717, 1.165) is 22.7 Å². The van der Waals surface area contributed by atoms with Gasteiger partial charge in [0.1, 0.15) is 0 Å². The van der Waals surface area contributed by atoms with Crippen molar-refractivity contribution in [3.63, 3.8) is 0 Å². The molecule has 2 nitrogen and oxygen atoms in total. The fourth-order valence-corrected chi connectivity index (χ4v) is 14.2. The number of anilines is 6. The molecule has 2 aromatic heterocycles. The molecule has 4 heteroatoms. The van der Waals surface area contributed by atoms with Gasteiger partial charge in [-0.25, -0.2) is 0 Å². The van der Waals surface area contributed by atoms with Gasteiger partial charge in [0.15, 0.2) is 0 Å². The Morgan fingerprint density at radius 3 is 0.959 bits per heavy atom. The second-order valence-electron chi connectivity index (χ2n) is 21.7. The molecular formula is C69H56N2S2. The average molecular weight is 977 g/mol. The standard InChI is InChI=1S/C69H56N2S2/c1-67(2,3)45-35-39-47(40-36-45)69(48-41-37-46(38-42-48)68(4,5)6)55-43-57(70(49-23-11-7-12-24-49)50-25-13-8-14-26-50)65-61(53-31-19-21-33-59(53)72-65)63(55)64-56(69)44-58(66-62(64)54-32-20-22-34-60(54)73-66)71(51-27-15-9-16-28-51)52-29-17-10-18-30-52/h7-44H,1-6H3. The van der Waals surface area contributed by atoms with E-state index in [9.17, 15) is 0 Å². The topological polar surface area (TPSA) is 6.48 Å². The molecule has 0 amide bonds. The van der Waals surface area contributed by atoms with Crippen molar-refractivity contribution in [3.05, 3.63) is 264 Å². The van der Waals surface area contributed by atoms with Crippen molar-refractivity contribution in [2.75, 3.05) is 9.80 Å². The first-order chi connectivity index (χ1) is 35.5. The molecule has 73 heavy (non-hydrogen) atoms. The smallest absolute Gasteiger partial charge is 0.0715 e. The van der Waals surface area contributed by atoms with Crippen LogP contribution in [0.15, 0.2) is 231 Å². The molecule has 12 aromatic rings. The van der Waals surface area contributed by atoms with Crippen LogP contribution in [-0.2, 0) is 16.2 Å². The lowest BCUT2D eigenvalue weighted by Gasteiger charge is -2.37. The summed E-state index contributed by atoms with van der Waals surface area (Å²) in [5.74, 6) is 0. The number of fused-ring (bicyclic) bond motifs is 11. The minimum atomic E-state index is -0.784. The summed E-state index contributed by atoms with van der Waals surface area (Å²) in [6, 6.07) is 86.8. The first-order valence-electron chi connectivity index (χ1n) is 25.5. The van der Waals surface area contributed by atoms with E-state index in [1.165, 1.54) is 96.2 Å². The lowest BCUT2D eigenvalue weighted by molar-refractivity contribution is 0.588. The number of rotatable bonds is 8. The molecule has 354 valence electrons. The Morgan fingerprint density at radius 2 is 0.644 bits per heavy atom. The maximum absolute atomic E-state index is 2.61. The Balaban J connectivity index is 1.29. The van der Waals surface area contributed by atoms with Crippen molar-refractivity contribution in [3.8, 4) is 11.1 Å². The molecule has 0 saturated heterocycles. The van der Waals surface area contributed by atoms with Gasteiger partial charge in [-0.1, -0.05) is 199 Å². The van der Waals surface area contributed by atoms with Gasteiger partial charge in [-0.05, 0) is 128 Å². The molecule has 0 N–H and O–H groups in total. The predicted molar refractivity (Wildman–Crippen MR) is 316 cm³/mol. The lowest BCUT2D eigenvalue weighted by Crippen LogP contribution is -2.29. The SMILES string of the molecule is CC(C)(C)c1ccc(C2(c3ccc(C(C)(C)C)cc3)c3cc(N(c4ccccc4)c4ccccc4)c4sc5ccccc5c4c3-c3c2cc(N(c2ccccc2)c2ccccc2)c2sc4ccccc4c32)cc1. The number of para-hydroxylation sites is 4. The number of thiophene rings is 2. The zero-order chi connectivity index (χ0) is 49.6. The molecule has 2 heterocycles. The highest BCUT2D eigenvalue weighted by Gasteiger charge is 2.50. The number of hydrogen-bond donors (Lipinski definition) is 0. The summed E-state index contributed by atoms with van der Waals surface area (Å²) in [6.07, 6.45) is 0. The second kappa shape index (κ2) is 17.2. The van der Waals surface area contributed by atoms with Gasteiger partial charge < -0.3 is 9.80 Å². The van der Waals surface area contributed by atoms with Gasteiger partial charge in [-0.2, -0.15) is 0 Å². The summed E-state index contributed by atoms with van der Waals surface area (Å²) in [7, 11) is 0. The summed E-state index contributed by atoms with van der Waals surface area (Å²) in [4.78, 5) is 5.01. The highest BCUT2D eigenvalue weighted by molar-refractivity contribution is 7.27. The highest BCUT2D eigenvalue weighted by atomic mass is 32.1. The Hall–Kier alpha value is -7.76. The maximum atomic E-state index is 2.61. The van der Waals surface area contributed by atoms with Gasteiger partial charge in [-0.15, -0.1) is 22.7 Å². The van der Waals surface area contributed by atoms with Crippen LogP contribution in [-0.4, -0.2) is 0 Å². The van der Waals surface area contributed by atoms with Crippen LogP contribution in [0.1, 0.15) is 74.9 Å². The van der Waals surface area contributed by atoms with Crippen LogP contribution in [0, 0.1) is 0 Å². The molecule has 0 atom stereocenters. The number of nitrogens with zero attached hydrogens (tertiary/aromatic N) is 2. The van der Waals surface area contributed by atoms with Gasteiger partial charge >= 0.3 is 0 Å². The van der Waals surface area contributed by atoms with Gasteiger partial charge in [0.2, 0.25) is 0 Å². The van der Waals surface area contributed by atoms with E-state index in [1.54, 1.807) is 0 Å². The minimum absolute atomic E-state index is 0.0346. The minimum Gasteiger partial charge on any atom is -0.309 e. The molecule has 1 aliphatic rings. The molecule has 0 unspecified atom stereocenters. The summed E-state index contributed by atoms with van der Waals surface area (Å²) in [5, 5.41) is 5.17. The summed E-state index contributed by atoms with van der Waals surface area (Å²) >= 11 is 3.83. The normalized spacial score (nSPS) is 13.2. The molecule has 0 aliphatic heterocycles. The summed E-state index contributed by atoms with van der Waals surface area (Å²) < 4.78 is 5.09. The third kappa shape index (κ3) is 7.17. The van der Waals surface area contributed by atoms with Crippen molar-refractivity contribution >= 4 is 97.1 Å². The predicted octanol–water partition coefficient (Wildman–Crippen LogP) is 20.3. The number of benzene rings is 10. The zero-order valence-electron chi connectivity index (χ0n) is 42.2. The molecule has 0 bridgehead atoms. The van der Waals surface area contributed by atoms with Crippen molar-refractivity contribution in [2.45, 2.75) is 57.8 Å². The van der Waals surface area contributed by atoms with E-state index in [4.69, 9.17) is 0 Å². The Kier molecular flexibility index (Phi) is 10.6. The third-order valence-corrected chi connectivity index (χ3v) is 17.6.